The normalized spacial score (nSPS) is 29.0. The number of aromatic nitrogens is 2. The highest BCUT2D eigenvalue weighted by Gasteiger charge is 2.45. The number of carboxylic acids is 1. The molecule has 4 aliphatic rings. The lowest BCUT2D eigenvalue weighted by Crippen LogP contribution is -2.58. The standard InChI is InChI=1S/C26H33N3O3.C7H8O3S/c30-25-24(26(31)32)27-22-9-1-2-10-23(22)29(25)21-14-18-7-4-8-19(15-21)28(18)20-12-16-5-3-6-17(11-16)13-20;1-6-2-4-7(5-3-6)11(8,9)10/h1-2,9-10,16-21H,3-8,11-15H2,(H,31,32);2-5H,1H3,(H,8,9,10). The molecule has 2 N–H and O–H groups in total. The van der Waals surface area contributed by atoms with Crippen molar-refractivity contribution >= 4 is 27.1 Å². The van der Waals surface area contributed by atoms with Crippen molar-refractivity contribution in [3.63, 3.8) is 0 Å². The monoisotopic (exact) mass is 607 g/mol. The van der Waals surface area contributed by atoms with Crippen molar-refractivity contribution in [2.45, 2.75) is 107 Å². The van der Waals surface area contributed by atoms with Crippen molar-refractivity contribution < 1.29 is 22.9 Å². The van der Waals surface area contributed by atoms with Gasteiger partial charge in [-0.3, -0.25) is 14.2 Å². The zero-order valence-corrected chi connectivity index (χ0v) is 25.5. The summed E-state index contributed by atoms with van der Waals surface area (Å²) in [6.45, 7) is 1.84. The smallest absolute Gasteiger partial charge is 0.360 e. The second-order valence-electron chi connectivity index (χ2n) is 13.1. The van der Waals surface area contributed by atoms with Gasteiger partial charge in [-0.2, -0.15) is 8.42 Å². The quantitative estimate of drug-likeness (QED) is 0.353. The van der Waals surface area contributed by atoms with Gasteiger partial charge in [0.15, 0.2) is 0 Å². The third kappa shape index (κ3) is 6.28. The maximum Gasteiger partial charge on any atom is 0.360 e. The molecule has 2 saturated heterocycles. The Morgan fingerprint density at radius 1 is 0.814 bits per heavy atom. The summed E-state index contributed by atoms with van der Waals surface area (Å²) in [5.74, 6) is 0.590. The van der Waals surface area contributed by atoms with Crippen LogP contribution in [0.5, 0.6) is 0 Å². The van der Waals surface area contributed by atoms with Gasteiger partial charge in [0.2, 0.25) is 5.69 Å². The summed E-state index contributed by atoms with van der Waals surface area (Å²) >= 11 is 0. The van der Waals surface area contributed by atoms with E-state index in [-0.39, 0.29) is 16.6 Å². The molecule has 4 unspecified atom stereocenters. The molecule has 4 bridgehead atoms. The molecule has 4 atom stereocenters. The fourth-order valence-corrected chi connectivity index (χ4v) is 8.98. The third-order valence-electron chi connectivity index (χ3n) is 10.2. The maximum absolute atomic E-state index is 13.3. The number of carboxylic acid groups (broad SMARTS) is 1. The molecule has 3 aromatic rings. The van der Waals surface area contributed by atoms with E-state index in [0.717, 1.165) is 35.8 Å². The first-order chi connectivity index (χ1) is 20.6. The van der Waals surface area contributed by atoms with E-state index in [0.29, 0.717) is 23.6 Å². The molecule has 3 heterocycles. The summed E-state index contributed by atoms with van der Waals surface area (Å²) in [7, 11) is -4.02. The van der Waals surface area contributed by atoms with Crippen LogP contribution in [-0.4, -0.2) is 56.6 Å². The van der Waals surface area contributed by atoms with Crippen LogP contribution in [0.25, 0.3) is 11.0 Å². The number of fused-ring (bicyclic) bond motifs is 5. The lowest BCUT2D eigenvalue weighted by molar-refractivity contribution is -0.0486. The minimum absolute atomic E-state index is 0.0446. The van der Waals surface area contributed by atoms with E-state index in [1.165, 1.54) is 69.9 Å². The van der Waals surface area contributed by atoms with Gasteiger partial charge in [-0.1, -0.05) is 55.5 Å². The predicted octanol–water partition coefficient (Wildman–Crippen LogP) is 5.86. The molecule has 43 heavy (non-hydrogen) atoms. The molecule has 9 nitrogen and oxygen atoms in total. The number of aromatic carboxylic acids is 1. The van der Waals surface area contributed by atoms with Gasteiger partial charge in [0.1, 0.15) is 0 Å². The Hall–Kier alpha value is -3.08. The number of carbonyl (C=O) groups is 1. The van der Waals surface area contributed by atoms with Gasteiger partial charge in [-0.25, -0.2) is 9.78 Å². The summed E-state index contributed by atoms with van der Waals surface area (Å²) in [4.78, 5) is 32.0. The second kappa shape index (κ2) is 12.1. The molecule has 0 radical (unpaired) electrons. The van der Waals surface area contributed by atoms with E-state index in [4.69, 9.17) is 4.55 Å². The molecule has 2 saturated carbocycles. The molecule has 230 valence electrons. The lowest BCUT2D eigenvalue weighted by Gasteiger charge is -2.55. The molecule has 10 heteroatoms. The van der Waals surface area contributed by atoms with Gasteiger partial charge in [0.05, 0.1) is 15.9 Å². The van der Waals surface area contributed by atoms with Crippen molar-refractivity contribution in [2.75, 3.05) is 0 Å². The van der Waals surface area contributed by atoms with Crippen molar-refractivity contribution in [2.24, 2.45) is 11.8 Å². The Labute approximate surface area is 252 Å². The fourth-order valence-electron chi connectivity index (χ4n) is 8.50. The van der Waals surface area contributed by atoms with Crippen LogP contribution in [-0.2, 0) is 10.1 Å². The summed E-state index contributed by atoms with van der Waals surface area (Å²) in [6.07, 6.45) is 13.9. The molecular formula is C33H41N3O6S. The zero-order chi connectivity index (χ0) is 30.3. The van der Waals surface area contributed by atoms with Crippen LogP contribution in [0.15, 0.2) is 58.2 Å². The molecule has 0 spiro atoms. The number of hydrogen-bond acceptors (Lipinski definition) is 6. The Kier molecular flexibility index (Phi) is 8.45. The van der Waals surface area contributed by atoms with E-state index in [2.05, 4.69) is 9.88 Å². The van der Waals surface area contributed by atoms with Crippen molar-refractivity contribution in [3.8, 4) is 0 Å². The minimum Gasteiger partial charge on any atom is -0.476 e. The lowest BCUT2D eigenvalue weighted by atomic mass is 9.68. The summed E-state index contributed by atoms with van der Waals surface area (Å²) in [6, 6.07) is 15.2. The molecule has 2 aliphatic carbocycles. The van der Waals surface area contributed by atoms with E-state index in [1.54, 1.807) is 16.7 Å². The first kappa shape index (κ1) is 30.0. The SMILES string of the molecule is Cc1ccc(S(=O)(=O)O)cc1.O=C(O)c1nc2ccccc2n(C2CC3CCCC(C2)N3C2CC3CCCC(C3)C2)c1=O. The second-order valence-corrected chi connectivity index (χ2v) is 14.5. The zero-order valence-electron chi connectivity index (χ0n) is 24.6. The van der Waals surface area contributed by atoms with Crippen LogP contribution in [0.2, 0.25) is 0 Å². The molecule has 7 rings (SSSR count). The summed E-state index contributed by atoms with van der Waals surface area (Å²) in [5.41, 5.74) is 1.53. The van der Waals surface area contributed by atoms with Gasteiger partial charge >= 0.3 is 5.97 Å². The Morgan fingerprint density at radius 3 is 2.02 bits per heavy atom. The number of rotatable bonds is 4. The first-order valence-corrected chi connectivity index (χ1v) is 17.1. The predicted molar refractivity (Wildman–Crippen MR) is 164 cm³/mol. The Bertz CT molecular complexity index is 1630. The fraction of sp³-hybridized carbons (Fsp3) is 0.545. The van der Waals surface area contributed by atoms with Crippen LogP contribution < -0.4 is 5.56 Å². The largest absolute Gasteiger partial charge is 0.476 e. The Balaban J connectivity index is 0.000000254. The van der Waals surface area contributed by atoms with Crippen LogP contribution in [0, 0.1) is 18.8 Å². The molecule has 0 amide bonds. The number of benzene rings is 2. The number of aryl methyl sites for hydroxylation is 1. The van der Waals surface area contributed by atoms with Crippen LogP contribution in [0.1, 0.15) is 92.7 Å². The van der Waals surface area contributed by atoms with Gasteiger partial charge < -0.3 is 9.67 Å². The van der Waals surface area contributed by atoms with Crippen LogP contribution in [0.3, 0.4) is 0 Å². The maximum atomic E-state index is 13.3. The molecule has 1 aromatic heterocycles. The van der Waals surface area contributed by atoms with Gasteiger partial charge in [-0.05, 0) is 88.0 Å². The molecular weight excluding hydrogens is 566 g/mol. The van der Waals surface area contributed by atoms with Crippen LogP contribution in [0.4, 0.5) is 0 Å². The average Bonchev–Trinajstić information content (AvgIpc) is 2.96. The van der Waals surface area contributed by atoms with Gasteiger partial charge in [0.25, 0.3) is 15.7 Å². The number of piperidine rings is 2. The number of para-hydroxylation sites is 2. The van der Waals surface area contributed by atoms with Crippen molar-refractivity contribution in [3.05, 3.63) is 70.1 Å². The van der Waals surface area contributed by atoms with Crippen molar-refractivity contribution in [1.29, 1.82) is 0 Å². The highest BCUT2D eigenvalue weighted by molar-refractivity contribution is 7.85. The highest BCUT2D eigenvalue weighted by atomic mass is 32.2. The average molecular weight is 608 g/mol. The first-order valence-electron chi connectivity index (χ1n) is 15.6. The number of hydrogen-bond donors (Lipinski definition) is 2. The van der Waals surface area contributed by atoms with E-state index < -0.39 is 21.6 Å². The van der Waals surface area contributed by atoms with Crippen molar-refractivity contribution in [1.82, 2.24) is 14.5 Å². The topological polar surface area (TPSA) is 130 Å². The van der Waals surface area contributed by atoms with Crippen LogP contribution >= 0.6 is 0 Å². The van der Waals surface area contributed by atoms with Gasteiger partial charge in [0, 0.05) is 24.2 Å². The highest BCUT2D eigenvalue weighted by Crippen LogP contribution is 2.47. The van der Waals surface area contributed by atoms with Gasteiger partial charge in [-0.15, -0.1) is 0 Å². The summed E-state index contributed by atoms with van der Waals surface area (Å²) < 4.78 is 31.3. The van der Waals surface area contributed by atoms with E-state index in [9.17, 15) is 23.1 Å². The molecule has 2 aromatic carbocycles. The number of nitrogens with zero attached hydrogens (tertiary/aromatic N) is 3. The molecule has 4 fully saturated rings. The van der Waals surface area contributed by atoms with E-state index >= 15 is 0 Å². The third-order valence-corrected chi connectivity index (χ3v) is 11.1. The molecule has 2 aliphatic heterocycles. The Morgan fingerprint density at radius 2 is 1.42 bits per heavy atom. The summed E-state index contributed by atoms with van der Waals surface area (Å²) in [5, 5.41) is 9.62. The minimum atomic E-state index is -4.02. The van der Waals surface area contributed by atoms with E-state index in [1.807, 2.05) is 31.2 Å².